The topological polar surface area (TPSA) is 36.9 Å². The summed E-state index contributed by atoms with van der Waals surface area (Å²) >= 11 is 0. The second-order valence-corrected chi connectivity index (χ2v) is 5.83. The molecule has 0 aliphatic carbocycles. The Kier molecular flexibility index (Phi) is 9.80. The maximum absolute atomic E-state index is 5.79. The molecule has 3 atom stereocenters. The molecule has 130 valence electrons. The van der Waals surface area contributed by atoms with Crippen LogP contribution in [-0.4, -0.2) is 51.8 Å². The fourth-order valence-electron chi connectivity index (χ4n) is 1.98. The molecule has 0 fully saturated rings. The predicted molar refractivity (Wildman–Crippen MR) is 93.6 cm³/mol. The summed E-state index contributed by atoms with van der Waals surface area (Å²) in [7, 11) is 1.67. The molecule has 1 aromatic carbocycles. The van der Waals surface area contributed by atoms with Gasteiger partial charge in [-0.2, -0.15) is 0 Å². The molecule has 0 amide bonds. The van der Waals surface area contributed by atoms with Crippen LogP contribution in [0.1, 0.15) is 26.3 Å². The number of hydrogen-bond acceptors (Lipinski definition) is 4. The van der Waals surface area contributed by atoms with Crippen LogP contribution >= 0.6 is 0 Å². The van der Waals surface area contributed by atoms with Gasteiger partial charge in [0.25, 0.3) is 0 Å². The molecule has 0 aliphatic rings. The minimum absolute atomic E-state index is 0.00862. The molecule has 0 spiro atoms. The van der Waals surface area contributed by atoms with Gasteiger partial charge >= 0.3 is 0 Å². The second-order valence-electron chi connectivity index (χ2n) is 5.83. The van der Waals surface area contributed by atoms with Gasteiger partial charge in [0.1, 0.15) is 0 Å². The molecule has 0 aliphatic heterocycles. The Labute approximate surface area is 140 Å². The monoisotopic (exact) mass is 322 g/mol. The van der Waals surface area contributed by atoms with Crippen LogP contribution in [0.4, 0.5) is 0 Å². The van der Waals surface area contributed by atoms with Crippen molar-refractivity contribution in [2.45, 2.75) is 39.1 Å². The first-order valence-electron chi connectivity index (χ1n) is 8.09. The first-order chi connectivity index (χ1) is 11.0. The molecule has 0 saturated carbocycles. The third-order valence-electron chi connectivity index (χ3n) is 3.36. The highest BCUT2D eigenvalue weighted by atomic mass is 16.6. The summed E-state index contributed by atoms with van der Waals surface area (Å²) in [5, 5.41) is 0. The van der Waals surface area contributed by atoms with Crippen molar-refractivity contribution < 1.29 is 18.9 Å². The fourth-order valence-corrected chi connectivity index (χ4v) is 1.98. The van der Waals surface area contributed by atoms with Crippen LogP contribution in [0.25, 0.3) is 5.57 Å². The third kappa shape index (κ3) is 8.86. The molecule has 0 aromatic heterocycles. The Hall–Kier alpha value is -1.20. The summed E-state index contributed by atoms with van der Waals surface area (Å²) < 4.78 is 22.2. The standard InChI is InChI=1S/C19H30O4/c1-15(19-9-7-6-8-10-19)11-21-17(3)13-23-18(4)14-22-16(2)12-20-5/h6-10,16-18H,1,11-14H2,2-5H3. The Morgan fingerprint density at radius 3 is 1.96 bits per heavy atom. The van der Waals surface area contributed by atoms with Crippen LogP contribution in [-0.2, 0) is 18.9 Å². The van der Waals surface area contributed by atoms with E-state index >= 15 is 0 Å². The summed E-state index contributed by atoms with van der Waals surface area (Å²) in [6.07, 6.45) is 0.112. The van der Waals surface area contributed by atoms with E-state index < -0.39 is 0 Å². The third-order valence-corrected chi connectivity index (χ3v) is 3.36. The van der Waals surface area contributed by atoms with Crippen molar-refractivity contribution in [3.63, 3.8) is 0 Å². The molecule has 4 heteroatoms. The molecule has 0 N–H and O–H groups in total. The molecule has 4 nitrogen and oxygen atoms in total. The quantitative estimate of drug-likeness (QED) is 0.589. The summed E-state index contributed by atoms with van der Waals surface area (Å²) in [4.78, 5) is 0. The van der Waals surface area contributed by atoms with Crippen molar-refractivity contribution in [3.8, 4) is 0 Å². The van der Waals surface area contributed by atoms with Crippen LogP contribution in [0, 0.1) is 0 Å². The van der Waals surface area contributed by atoms with Crippen LogP contribution in [0.5, 0.6) is 0 Å². The fraction of sp³-hybridized carbons (Fsp3) is 0.579. The van der Waals surface area contributed by atoms with E-state index in [0.29, 0.717) is 26.4 Å². The van der Waals surface area contributed by atoms with Crippen molar-refractivity contribution >= 4 is 5.57 Å². The lowest BCUT2D eigenvalue weighted by Crippen LogP contribution is -2.26. The normalized spacial score (nSPS) is 15.1. The van der Waals surface area contributed by atoms with Crippen molar-refractivity contribution in [2.24, 2.45) is 0 Å². The van der Waals surface area contributed by atoms with Crippen LogP contribution in [0.15, 0.2) is 36.9 Å². The molecule has 0 heterocycles. The van der Waals surface area contributed by atoms with Crippen LogP contribution in [0.3, 0.4) is 0 Å². The van der Waals surface area contributed by atoms with Gasteiger partial charge in [0, 0.05) is 7.11 Å². The van der Waals surface area contributed by atoms with Gasteiger partial charge < -0.3 is 18.9 Å². The zero-order valence-corrected chi connectivity index (χ0v) is 14.8. The lowest BCUT2D eigenvalue weighted by molar-refractivity contribution is -0.0736. The Bertz CT molecular complexity index is 432. The van der Waals surface area contributed by atoms with E-state index in [4.69, 9.17) is 18.9 Å². The lowest BCUT2D eigenvalue weighted by atomic mass is 10.1. The van der Waals surface area contributed by atoms with E-state index in [1.54, 1.807) is 7.11 Å². The number of hydrogen-bond donors (Lipinski definition) is 0. The minimum Gasteiger partial charge on any atom is -0.382 e. The zero-order chi connectivity index (χ0) is 17.1. The van der Waals surface area contributed by atoms with E-state index in [-0.39, 0.29) is 18.3 Å². The highest BCUT2D eigenvalue weighted by Gasteiger charge is 2.10. The van der Waals surface area contributed by atoms with Gasteiger partial charge in [-0.3, -0.25) is 0 Å². The van der Waals surface area contributed by atoms with Crippen LogP contribution < -0.4 is 0 Å². The van der Waals surface area contributed by atoms with E-state index in [1.165, 1.54) is 0 Å². The molecule has 1 aromatic rings. The Morgan fingerprint density at radius 1 is 0.870 bits per heavy atom. The highest BCUT2D eigenvalue weighted by molar-refractivity contribution is 5.63. The number of ether oxygens (including phenoxy) is 4. The average Bonchev–Trinajstić information content (AvgIpc) is 2.57. The number of methoxy groups -OCH3 is 1. The van der Waals surface area contributed by atoms with Crippen molar-refractivity contribution in [1.29, 1.82) is 0 Å². The lowest BCUT2D eigenvalue weighted by Gasteiger charge is -2.20. The van der Waals surface area contributed by atoms with Crippen molar-refractivity contribution in [1.82, 2.24) is 0 Å². The zero-order valence-electron chi connectivity index (χ0n) is 14.8. The predicted octanol–water partition coefficient (Wildman–Crippen LogP) is 3.56. The van der Waals surface area contributed by atoms with Gasteiger partial charge in [0.05, 0.1) is 44.7 Å². The second kappa shape index (κ2) is 11.4. The van der Waals surface area contributed by atoms with E-state index in [9.17, 15) is 0 Å². The van der Waals surface area contributed by atoms with Gasteiger partial charge in [0.2, 0.25) is 0 Å². The largest absolute Gasteiger partial charge is 0.382 e. The summed E-state index contributed by atoms with van der Waals surface area (Å²) in [6, 6.07) is 10.1. The van der Waals surface area contributed by atoms with Crippen LogP contribution in [0.2, 0.25) is 0 Å². The molecule has 0 radical (unpaired) electrons. The molecular weight excluding hydrogens is 292 g/mol. The maximum atomic E-state index is 5.79. The number of benzene rings is 1. The Balaban J connectivity index is 2.16. The van der Waals surface area contributed by atoms with E-state index in [0.717, 1.165) is 11.1 Å². The maximum Gasteiger partial charge on any atom is 0.0785 e. The summed E-state index contributed by atoms with van der Waals surface area (Å²) in [5.74, 6) is 0. The molecular formula is C19H30O4. The van der Waals surface area contributed by atoms with Crippen molar-refractivity contribution in [3.05, 3.63) is 42.5 Å². The van der Waals surface area contributed by atoms with E-state index in [2.05, 4.69) is 6.58 Å². The molecule has 23 heavy (non-hydrogen) atoms. The summed E-state index contributed by atoms with van der Waals surface area (Å²) in [5.41, 5.74) is 2.08. The van der Waals surface area contributed by atoms with E-state index in [1.807, 2.05) is 51.1 Å². The first kappa shape index (κ1) is 19.8. The SMILES string of the molecule is C=C(COC(C)COC(C)COC(C)COC)c1ccccc1. The van der Waals surface area contributed by atoms with Gasteiger partial charge in [-0.25, -0.2) is 0 Å². The first-order valence-corrected chi connectivity index (χ1v) is 8.09. The van der Waals surface area contributed by atoms with Gasteiger partial charge in [-0.15, -0.1) is 0 Å². The van der Waals surface area contributed by atoms with Gasteiger partial charge in [-0.05, 0) is 31.9 Å². The average molecular weight is 322 g/mol. The van der Waals surface area contributed by atoms with Gasteiger partial charge in [-0.1, -0.05) is 36.9 Å². The highest BCUT2D eigenvalue weighted by Crippen LogP contribution is 2.12. The number of rotatable bonds is 12. The molecule has 3 unspecified atom stereocenters. The molecule has 0 bridgehead atoms. The smallest absolute Gasteiger partial charge is 0.0785 e. The molecule has 1 rings (SSSR count). The summed E-state index contributed by atoms with van der Waals surface area (Å²) in [6.45, 7) is 12.2. The minimum atomic E-state index is 0.00862. The Morgan fingerprint density at radius 2 is 1.39 bits per heavy atom. The van der Waals surface area contributed by atoms with Gasteiger partial charge in [0.15, 0.2) is 0 Å². The molecule has 0 saturated heterocycles. The van der Waals surface area contributed by atoms with Crippen molar-refractivity contribution in [2.75, 3.05) is 33.5 Å².